The molecule has 0 aromatic carbocycles. The van der Waals surface area contributed by atoms with Gasteiger partial charge in [0.25, 0.3) is 0 Å². The van der Waals surface area contributed by atoms with Gasteiger partial charge in [0.2, 0.25) is 5.91 Å². The van der Waals surface area contributed by atoms with E-state index in [2.05, 4.69) is 17.6 Å². The van der Waals surface area contributed by atoms with Gasteiger partial charge in [0.15, 0.2) is 0 Å². The van der Waals surface area contributed by atoms with Crippen molar-refractivity contribution in [3.63, 3.8) is 0 Å². The quantitative estimate of drug-likeness (QED) is 0.714. The van der Waals surface area contributed by atoms with Crippen LogP contribution in [-0.4, -0.2) is 35.6 Å². The number of aliphatic carboxylic acids is 1. The Morgan fingerprint density at radius 1 is 1.32 bits per heavy atom. The van der Waals surface area contributed by atoms with Crippen molar-refractivity contribution in [2.24, 2.45) is 11.8 Å². The van der Waals surface area contributed by atoms with Gasteiger partial charge in [-0.1, -0.05) is 19.8 Å². The van der Waals surface area contributed by atoms with Crippen LogP contribution in [0.3, 0.4) is 0 Å². The number of carbonyl (C=O) groups is 2. The zero-order valence-electron chi connectivity index (χ0n) is 11.5. The summed E-state index contributed by atoms with van der Waals surface area (Å²) in [5, 5.41) is 15.3. The molecule has 1 saturated heterocycles. The van der Waals surface area contributed by atoms with E-state index in [1.54, 1.807) is 0 Å². The molecule has 2 fully saturated rings. The van der Waals surface area contributed by atoms with Crippen LogP contribution in [0.15, 0.2) is 0 Å². The van der Waals surface area contributed by atoms with Crippen LogP contribution in [0.25, 0.3) is 0 Å². The second-order valence-corrected chi connectivity index (χ2v) is 5.80. The molecule has 1 aliphatic heterocycles. The van der Waals surface area contributed by atoms with Gasteiger partial charge in [-0.3, -0.25) is 9.59 Å². The molecule has 5 nitrogen and oxygen atoms in total. The Hall–Kier alpha value is -1.10. The normalized spacial score (nSPS) is 35.0. The van der Waals surface area contributed by atoms with Gasteiger partial charge in [-0.25, -0.2) is 0 Å². The minimum absolute atomic E-state index is 0.0173. The molecule has 5 heteroatoms. The average Bonchev–Trinajstić information content (AvgIpc) is 2.87. The first-order valence-corrected chi connectivity index (χ1v) is 7.38. The van der Waals surface area contributed by atoms with Crippen molar-refractivity contribution in [3.05, 3.63) is 0 Å². The minimum atomic E-state index is -0.786. The molecular weight excluding hydrogens is 244 g/mol. The molecule has 1 aliphatic carbocycles. The van der Waals surface area contributed by atoms with Crippen LogP contribution in [-0.2, 0) is 9.59 Å². The molecule has 0 aromatic heterocycles. The summed E-state index contributed by atoms with van der Waals surface area (Å²) in [6, 6.07) is -0.331. The Morgan fingerprint density at radius 2 is 2.11 bits per heavy atom. The molecule has 108 valence electrons. The van der Waals surface area contributed by atoms with Gasteiger partial charge < -0.3 is 15.7 Å². The van der Waals surface area contributed by atoms with E-state index in [-0.39, 0.29) is 18.0 Å². The standard InChI is InChI=1S/C14H24N2O3/c1-2-9-6-7-15-12(8-9)13(17)16-11-5-3-4-10(11)14(18)19/h9-12,15H,2-8H2,1H3,(H,16,17)(H,18,19). The van der Waals surface area contributed by atoms with Gasteiger partial charge >= 0.3 is 5.97 Å². The first-order valence-electron chi connectivity index (χ1n) is 7.38. The van der Waals surface area contributed by atoms with Crippen molar-refractivity contribution in [1.29, 1.82) is 0 Å². The Balaban J connectivity index is 1.88. The van der Waals surface area contributed by atoms with E-state index in [1.165, 1.54) is 0 Å². The van der Waals surface area contributed by atoms with Gasteiger partial charge in [0, 0.05) is 6.04 Å². The zero-order valence-corrected chi connectivity index (χ0v) is 11.5. The monoisotopic (exact) mass is 268 g/mol. The summed E-state index contributed by atoms with van der Waals surface area (Å²) in [6.45, 7) is 3.03. The Labute approximate surface area is 114 Å². The van der Waals surface area contributed by atoms with Crippen LogP contribution in [0.4, 0.5) is 0 Å². The van der Waals surface area contributed by atoms with Crippen LogP contribution < -0.4 is 10.6 Å². The summed E-state index contributed by atoms with van der Waals surface area (Å²) in [4.78, 5) is 23.3. The Bertz CT molecular complexity index is 346. The maximum absolute atomic E-state index is 12.2. The second kappa shape index (κ2) is 6.37. The maximum atomic E-state index is 12.2. The summed E-state index contributed by atoms with van der Waals surface area (Å²) in [5.74, 6) is -0.604. The third kappa shape index (κ3) is 3.47. The first-order chi connectivity index (χ1) is 9.11. The molecule has 1 heterocycles. The number of piperidine rings is 1. The van der Waals surface area contributed by atoms with Gasteiger partial charge in [-0.05, 0) is 38.1 Å². The molecule has 1 saturated carbocycles. The molecular formula is C14H24N2O3. The fourth-order valence-corrected chi connectivity index (χ4v) is 3.28. The molecule has 2 rings (SSSR count). The summed E-state index contributed by atoms with van der Waals surface area (Å²) in [5.41, 5.74) is 0. The van der Waals surface area contributed by atoms with Crippen LogP contribution in [0, 0.1) is 11.8 Å². The van der Waals surface area contributed by atoms with Crippen molar-refractivity contribution >= 4 is 11.9 Å². The topological polar surface area (TPSA) is 78.4 Å². The molecule has 0 bridgehead atoms. The lowest BCUT2D eigenvalue weighted by Crippen LogP contribution is -2.52. The average molecular weight is 268 g/mol. The predicted octanol–water partition coefficient (Wildman–Crippen LogP) is 1.13. The van der Waals surface area contributed by atoms with E-state index >= 15 is 0 Å². The minimum Gasteiger partial charge on any atom is -0.481 e. The maximum Gasteiger partial charge on any atom is 0.308 e. The van der Waals surface area contributed by atoms with E-state index in [1.807, 2.05) is 0 Å². The Morgan fingerprint density at radius 3 is 2.79 bits per heavy atom. The van der Waals surface area contributed by atoms with Crippen molar-refractivity contribution in [2.45, 2.75) is 57.5 Å². The summed E-state index contributed by atoms with van der Waals surface area (Å²) in [7, 11) is 0. The highest BCUT2D eigenvalue weighted by Gasteiger charge is 2.35. The van der Waals surface area contributed by atoms with Gasteiger partial charge in [-0.15, -0.1) is 0 Å². The molecule has 2 aliphatic rings. The number of rotatable bonds is 4. The zero-order chi connectivity index (χ0) is 13.8. The molecule has 0 spiro atoms. The van der Waals surface area contributed by atoms with E-state index in [9.17, 15) is 9.59 Å². The number of carbonyl (C=O) groups excluding carboxylic acids is 1. The van der Waals surface area contributed by atoms with Gasteiger partial charge in [-0.2, -0.15) is 0 Å². The van der Waals surface area contributed by atoms with Crippen LogP contribution in [0.5, 0.6) is 0 Å². The smallest absolute Gasteiger partial charge is 0.308 e. The number of hydrogen-bond acceptors (Lipinski definition) is 3. The summed E-state index contributed by atoms with van der Waals surface area (Å²) >= 11 is 0. The lowest BCUT2D eigenvalue weighted by molar-refractivity contribution is -0.142. The fraction of sp³-hybridized carbons (Fsp3) is 0.857. The van der Waals surface area contributed by atoms with Crippen LogP contribution in [0.1, 0.15) is 45.4 Å². The Kier molecular flexibility index (Phi) is 4.80. The number of amides is 1. The van der Waals surface area contributed by atoms with E-state index < -0.39 is 11.9 Å². The molecule has 3 N–H and O–H groups in total. The van der Waals surface area contributed by atoms with Crippen molar-refractivity contribution in [2.75, 3.05) is 6.54 Å². The molecule has 0 radical (unpaired) electrons. The van der Waals surface area contributed by atoms with Gasteiger partial charge in [0.05, 0.1) is 12.0 Å². The number of hydrogen-bond donors (Lipinski definition) is 3. The van der Waals surface area contributed by atoms with Crippen LogP contribution >= 0.6 is 0 Å². The summed E-state index contributed by atoms with van der Waals surface area (Å²) < 4.78 is 0. The third-order valence-electron chi connectivity index (χ3n) is 4.57. The SMILES string of the molecule is CCC1CCNC(C(=O)NC2CCCC2C(=O)O)C1. The predicted molar refractivity (Wildman–Crippen MR) is 71.7 cm³/mol. The number of nitrogens with one attached hydrogen (secondary N) is 2. The highest BCUT2D eigenvalue weighted by molar-refractivity contribution is 5.83. The van der Waals surface area contributed by atoms with E-state index in [4.69, 9.17) is 5.11 Å². The van der Waals surface area contributed by atoms with Crippen molar-refractivity contribution in [3.8, 4) is 0 Å². The largest absolute Gasteiger partial charge is 0.481 e. The lowest BCUT2D eigenvalue weighted by atomic mass is 9.90. The molecule has 1 amide bonds. The molecule has 4 atom stereocenters. The lowest BCUT2D eigenvalue weighted by Gasteiger charge is -2.30. The van der Waals surface area contributed by atoms with Crippen molar-refractivity contribution < 1.29 is 14.7 Å². The van der Waals surface area contributed by atoms with E-state index in [0.29, 0.717) is 12.3 Å². The van der Waals surface area contributed by atoms with Crippen LogP contribution in [0.2, 0.25) is 0 Å². The first kappa shape index (κ1) is 14.3. The highest BCUT2D eigenvalue weighted by atomic mass is 16.4. The second-order valence-electron chi connectivity index (χ2n) is 5.80. The number of carboxylic acid groups (broad SMARTS) is 1. The summed E-state index contributed by atoms with van der Waals surface area (Å²) in [6.07, 6.45) is 5.45. The molecule has 0 aromatic rings. The third-order valence-corrected chi connectivity index (χ3v) is 4.57. The molecule has 19 heavy (non-hydrogen) atoms. The van der Waals surface area contributed by atoms with E-state index in [0.717, 1.165) is 38.6 Å². The fourth-order valence-electron chi connectivity index (χ4n) is 3.28. The molecule has 4 unspecified atom stereocenters. The van der Waals surface area contributed by atoms with Gasteiger partial charge in [0.1, 0.15) is 0 Å². The number of carboxylic acids is 1. The van der Waals surface area contributed by atoms with Crippen molar-refractivity contribution in [1.82, 2.24) is 10.6 Å². The highest BCUT2D eigenvalue weighted by Crippen LogP contribution is 2.26.